The van der Waals surface area contributed by atoms with E-state index in [9.17, 15) is 13.2 Å². The van der Waals surface area contributed by atoms with E-state index in [1.807, 2.05) is 24.4 Å². The average Bonchev–Trinajstić information content (AvgIpc) is 2.90. The second-order valence-corrected chi connectivity index (χ2v) is 7.87. The Hall–Kier alpha value is -1.82. The number of carbonyl (C=O) groups excluding carboxylic acids is 1. The third-order valence-corrected chi connectivity index (χ3v) is 5.83. The van der Waals surface area contributed by atoms with Crippen molar-refractivity contribution in [2.75, 3.05) is 13.3 Å². The smallest absolute Gasteiger partial charge is 0.253 e. The highest BCUT2D eigenvalue weighted by atomic mass is 32.2. The molecule has 0 spiro atoms. The molecule has 5 nitrogen and oxygen atoms in total. The van der Waals surface area contributed by atoms with Crippen LogP contribution in [0.4, 0.5) is 0 Å². The van der Waals surface area contributed by atoms with E-state index in [0.717, 1.165) is 10.9 Å². The van der Waals surface area contributed by atoms with Gasteiger partial charge in [-0.3, -0.25) is 4.79 Å². The Bertz CT molecular complexity index is 764. The first-order chi connectivity index (χ1) is 9.71. The summed E-state index contributed by atoms with van der Waals surface area (Å²) in [5, 5.41) is 0.348. The molecule has 1 heterocycles. The van der Waals surface area contributed by atoms with Gasteiger partial charge in [-0.25, -0.2) is 8.42 Å². The monoisotopic (exact) mass is 308 g/mol. The minimum Gasteiger partial charge on any atom is -0.361 e. The molecule has 21 heavy (non-hydrogen) atoms. The predicted octanol–water partition coefficient (Wildman–Crippen LogP) is 2.06. The van der Waals surface area contributed by atoms with Crippen LogP contribution in [0.25, 0.3) is 10.9 Å². The average molecular weight is 308 g/mol. The number of carbonyl (C=O) groups is 1. The number of H-pyrrole nitrogens is 1. The normalized spacial score (nSPS) is 14.9. The SMILES string of the molecule is CC(C(C)S(C)(=O)=O)N(C)C(=O)c1ccc2[nH]ccc2c1. The number of aromatic nitrogens is 1. The Morgan fingerprint density at radius 2 is 1.90 bits per heavy atom. The first-order valence-electron chi connectivity index (χ1n) is 6.75. The van der Waals surface area contributed by atoms with Crippen LogP contribution in [0.1, 0.15) is 24.2 Å². The van der Waals surface area contributed by atoms with E-state index in [-0.39, 0.29) is 5.91 Å². The Balaban J connectivity index is 2.26. The molecule has 1 amide bonds. The molecule has 1 aromatic heterocycles. The molecule has 2 rings (SSSR count). The number of hydrogen-bond donors (Lipinski definition) is 1. The van der Waals surface area contributed by atoms with Gasteiger partial charge in [0.15, 0.2) is 9.84 Å². The molecule has 1 N–H and O–H groups in total. The van der Waals surface area contributed by atoms with Gasteiger partial charge in [0.05, 0.1) is 5.25 Å². The molecule has 2 aromatic rings. The summed E-state index contributed by atoms with van der Waals surface area (Å²) < 4.78 is 23.3. The molecule has 0 aliphatic carbocycles. The van der Waals surface area contributed by atoms with Gasteiger partial charge in [-0.05, 0) is 38.1 Å². The lowest BCUT2D eigenvalue weighted by atomic mass is 10.1. The van der Waals surface area contributed by atoms with Gasteiger partial charge in [0.2, 0.25) is 0 Å². The topological polar surface area (TPSA) is 70.2 Å². The summed E-state index contributed by atoms with van der Waals surface area (Å²) in [5.41, 5.74) is 1.52. The molecule has 114 valence electrons. The molecule has 0 radical (unpaired) electrons. The number of amides is 1. The fraction of sp³-hybridized carbons (Fsp3) is 0.400. The molecule has 0 fully saturated rings. The van der Waals surface area contributed by atoms with Crippen LogP contribution in [0.15, 0.2) is 30.5 Å². The van der Waals surface area contributed by atoms with Gasteiger partial charge in [0.25, 0.3) is 5.91 Å². The first-order valence-corrected chi connectivity index (χ1v) is 8.70. The minimum absolute atomic E-state index is 0.180. The summed E-state index contributed by atoms with van der Waals surface area (Å²) in [4.78, 5) is 17.1. The number of sulfone groups is 1. The van der Waals surface area contributed by atoms with Gasteiger partial charge in [-0.2, -0.15) is 0 Å². The summed E-state index contributed by atoms with van der Waals surface area (Å²) in [6.07, 6.45) is 3.01. The maximum absolute atomic E-state index is 12.5. The van der Waals surface area contributed by atoms with Crippen molar-refractivity contribution in [2.45, 2.75) is 25.1 Å². The highest BCUT2D eigenvalue weighted by Gasteiger charge is 2.28. The third kappa shape index (κ3) is 3.10. The van der Waals surface area contributed by atoms with E-state index < -0.39 is 21.1 Å². The first kappa shape index (κ1) is 15.6. The van der Waals surface area contributed by atoms with Crippen LogP contribution in [-0.4, -0.2) is 48.8 Å². The highest BCUT2D eigenvalue weighted by Crippen LogP contribution is 2.18. The van der Waals surface area contributed by atoms with Crippen molar-refractivity contribution >= 4 is 26.6 Å². The summed E-state index contributed by atoms with van der Waals surface area (Å²) in [6.45, 7) is 3.37. The van der Waals surface area contributed by atoms with Crippen LogP contribution in [0.3, 0.4) is 0 Å². The lowest BCUT2D eigenvalue weighted by molar-refractivity contribution is 0.0743. The maximum Gasteiger partial charge on any atom is 0.253 e. The standard InChI is InChI=1S/C15H20N2O3S/c1-10(11(2)21(4,19)20)17(3)15(18)13-5-6-14-12(9-13)7-8-16-14/h5-11,16H,1-4H3. The lowest BCUT2D eigenvalue weighted by Crippen LogP contribution is -2.44. The van der Waals surface area contributed by atoms with E-state index in [1.165, 1.54) is 11.2 Å². The number of nitrogens with zero attached hydrogens (tertiary/aromatic N) is 1. The molecule has 0 saturated carbocycles. The summed E-state index contributed by atoms with van der Waals surface area (Å²) in [5.74, 6) is -0.180. The van der Waals surface area contributed by atoms with Crippen LogP contribution < -0.4 is 0 Å². The molecule has 0 aliphatic rings. The van der Waals surface area contributed by atoms with E-state index >= 15 is 0 Å². The molecule has 0 bridgehead atoms. The Kier molecular flexibility index (Phi) is 4.09. The number of aromatic amines is 1. The van der Waals surface area contributed by atoms with Crippen LogP contribution in [0.2, 0.25) is 0 Å². The second kappa shape index (κ2) is 5.52. The summed E-state index contributed by atoms with van der Waals surface area (Å²) >= 11 is 0. The molecule has 0 aliphatic heterocycles. The van der Waals surface area contributed by atoms with Crippen LogP contribution in [0, 0.1) is 0 Å². The molecule has 0 saturated heterocycles. The molecule has 2 unspecified atom stereocenters. The minimum atomic E-state index is -3.19. The van der Waals surface area contributed by atoms with Crippen molar-refractivity contribution < 1.29 is 13.2 Å². The Morgan fingerprint density at radius 3 is 2.52 bits per heavy atom. The van der Waals surface area contributed by atoms with Crippen molar-refractivity contribution in [3.05, 3.63) is 36.0 Å². The number of benzene rings is 1. The molecular weight excluding hydrogens is 288 g/mol. The van der Waals surface area contributed by atoms with Crippen LogP contribution >= 0.6 is 0 Å². The Labute approximate surface area is 124 Å². The van der Waals surface area contributed by atoms with E-state index in [2.05, 4.69) is 4.98 Å². The summed E-state index contributed by atoms with van der Waals surface area (Å²) in [7, 11) is -1.55. The molecular formula is C15H20N2O3S. The zero-order chi connectivity index (χ0) is 15.8. The fourth-order valence-electron chi connectivity index (χ4n) is 2.25. The van der Waals surface area contributed by atoms with Gasteiger partial charge in [0.1, 0.15) is 0 Å². The van der Waals surface area contributed by atoms with E-state index in [4.69, 9.17) is 0 Å². The van der Waals surface area contributed by atoms with Gasteiger partial charge in [-0.15, -0.1) is 0 Å². The number of nitrogens with one attached hydrogen (secondary N) is 1. The molecule has 6 heteroatoms. The van der Waals surface area contributed by atoms with Crippen molar-refractivity contribution in [1.82, 2.24) is 9.88 Å². The molecule has 2 atom stereocenters. The van der Waals surface area contributed by atoms with Gasteiger partial charge < -0.3 is 9.88 Å². The van der Waals surface area contributed by atoms with Gasteiger partial charge >= 0.3 is 0 Å². The zero-order valence-electron chi connectivity index (χ0n) is 12.6. The van der Waals surface area contributed by atoms with E-state index in [1.54, 1.807) is 27.0 Å². The zero-order valence-corrected chi connectivity index (χ0v) is 13.4. The van der Waals surface area contributed by atoms with E-state index in [0.29, 0.717) is 5.56 Å². The molecule has 1 aromatic carbocycles. The number of hydrogen-bond acceptors (Lipinski definition) is 3. The van der Waals surface area contributed by atoms with Crippen molar-refractivity contribution in [2.24, 2.45) is 0 Å². The largest absolute Gasteiger partial charge is 0.361 e. The van der Waals surface area contributed by atoms with Crippen molar-refractivity contribution in [1.29, 1.82) is 0 Å². The van der Waals surface area contributed by atoms with Crippen LogP contribution in [0.5, 0.6) is 0 Å². The lowest BCUT2D eigenvalue weighted by Gasteiger charge is -2.29. The second-order valence-electron chi connectivity index (χ2n) is 5.47. The quantitative estimate of drug-likeness (QED) is 0.940. The highest BCUT2D eigenvalue weighted by molar-refractivity contribution is 7.91. The summed E-state index contributed by atoms with van der Waals surface area (Å²) in [6, 6.07) is 6.91. The van der Waals surface area contributed by atoms with Crippen molar-refractivity contribution in [3.8, 4) is 0 Å². The fourth-order valence-corrected chi connectivity index (χ4v) is 3.15. The number of rotatable bonds is 4. The van der Waals surface area contributed by atoms with Gasteiger partial charge in [0, 0.05) is 42.0 Å². The third-order valence-electron chi connectivity index (χ3n) is 4.09. The van der Waals surface area contributed by atoms with Gasteiger partial charge in [-0.1, -0.05) is 0 Å². The predicted molar refractivity (Wildman–Crippen MR) is 84.2 cm³/mol. The maximum atomic E-state index is 12.5. The van der Waals surface area contributed by atoms with Crippen molar-refractivity contribution in [3.63, 3.8) is 0 Å². The number of fused-ring (bicyclic) bond motifs is 1. The van der Waals surface area contributed by atoms with Crippen LogP contribution in [-0.2, 0) is 9.84 Å². The Morgan fingerprint density at radius 1 is 1.24 bits per heavy atom.